The number of thioether (sulfide) groups is 1. The van der Waals surface area contributed by atoms with Gasteiger partial charge in [-0.25, -0.2) is 4.98 Å². The van der Waals surface area contributed by atoms with Gasteiger partial charge in [0.15, 0.2) is 4.34 Å². The first-order chi connectivity index (χ1) is 13.0. The van der Waals surface area contributed by atoms with Crippen molar-refractivity contribution in [1.29, 1.82) is 0 Å². The van der Waals surface area contributed by atoms with Crippen molar-refractivity contribution >= 4 is 57.9 Å². The number of thiazole rings is 1. The quantitative estimate of drug-likeness (QED) is 0.467. The summed E-state index contributed by atoms with van der Waals surface area (Å²) in [6.07, 6.45) is 0. The number of benzene rings is 2. The van der Waals surface area contributed by atoms with E-state index in [-0.39, 0.29) is 11.7 Å². The molecule has 4 nitrogen and oxygen atoms in total. The lowest BCUT2D eigenvalue weighted by Crippen LogP contribution is -2.14. The fourth-order valence-electron chi connectivity index (χ4n) is 2.38. The van der Waals surface area contributed by atoms with Gasteiger partial charge in [-0.3, -0.25) is 4.79 Å². The number of aromatic nitrogens is 1. The second kappa shape index (κ2) is 8.97. The molecule has 0 fully saturated rings. The average Bonchev–Trinajstić information content (AvgIpc) is 3.09. The summed E-state index contributed by atoms with van der Waals surface area (Å²) in [7, 11) is 1.58. The number of rotatable bonds is 6. The second-order valence-corrected chi connectivity index (χ2v) is 8.59. The Bertz CT molecular complexity index is 976. The summed E-state index contributed by atoms with van der Waals surface area (Å²) in [5.74, 6) is 0.760. The lowest BCUT2D eigenvalue weighted by molar-refractivity contribution is -0.113. The van der Waals surface area contributed by atoms with Gasteiger partial charge in [0, 0.05) is 16.0 Å². The molecule has 0 saturated carbocycles. The number of ether oxygens (including phenoxy) is 1. The Morgan fingerprint density at radius 3 is 2.81 bits per heavy atom. The molecule has 0 aliphatic heterocycles. The number of halogens is 2. The highest BCUT2D eigenvalue weighted by molar-refractivity contribution is 8.01. The molecule has 1 amide bonds. The van der Waals surface area contributed by atoms with Crippen LogP contribution in [0.4, 0.5) is 5.69 Å². The third-order valence-corrected chi connectivity index (χ3v) is 6.21. The van der Waals surface area contributed by atoms with Crippen LogP contribution in [0.25, 0.3) is 11.3 Å². The molecule has 3 rings (SSSR count). The molecule has 1 heterocycles. The van der Waals surface area contributed by atoms with Gasteiger partial charge >= 0.3 is 0 Å². The van der Waals surface area contributed by atoms with E-state index in [0.29, 0.717) is 21.5 Å². The van der Waals surface area contributed by atoms with Gasteiger partial charge in [-0.15, -0.1) is 11.3 Å². The van der Waals surface area contributed by atoms with Crippen molar-refractivity contribution in [2.24, 2.45) is 0 Å². The number of nitrogens with one attached hydrogen (secondary N) is 1. The molecule has 0 saturated heterocycles. The molecular weight excluding hydrogens is 423 g/mol. The van der Waals surface area contributed by atoms with Crippen molar-refractivity contribution in [3.05, 3.63) is 57.4 Å². The summed E-state index contributed by atoms with van der Waals surface area (Å²) in [4.78, 5) is 16.8. The monoisotopic (exact) mass is 438 g/mol. The van der Waals surface area contributed by atoms with E-state index in [1.165, 1.54) is 23.1 Å². The molecule has 3 aromatic rings. The van der Waals surface area contributed by atoms with E-state index in [1.54, 1.807) is 19.2 Å². The fraction of sp³-hybridized carbons (Fsp3) is 0.158. The van der Waals surface area contributed by atoms with Crippen LogP contribution in [0.2, 0.25) is 10.0 Å². The largest absolute Gasteiger partial charge is 0.495 e. The number of amides is 1. The second-order valence-electron chi connectivity index (χ2n) is 5.66. The number of aryl methyl sites for hydroxylation is 1. The lowest BCUT2D eigenvalue weighted by atomic mass is 10.2. The molecule has 0 radical (unpaired) electrons. The molecular formula is C19H16Cl2N2O2S2. The van der Waals surface area contributed by atoms with Crippen molar-refractivity contribution in [3.8, 4) is 17.0 Å². The van der Waals surface area contributed by atoms with E-state index in [9.17, 15) is 4.79 Å². The van der Waals surface area contributed by atoms with Crippen molar-refractivity contribution in [1.82, 2.24) is 4.98 Å². The summed E-state index contributed by atoms with van der Waals surface area (Å²) in [6, 6.07) is 10.9. The first kappa shape index (κ1) is 20.0. The van der Waals surface area contributed by atoms with Gasteiger partial charge in [-0.05, 0) is 42.8 Å². The Morgan fingerprint density at radius 2 is 2.07 bits per heavy atom. The molecule has 0 atom stereocenters. The molecule has 0 aliphatic rings. The molecule has 0 aliphatic carbocycles. The first-order valence-corrected chi connectivity index (χ1v) is 10.6. The number of carbonyl (C=O) groups is 1. The molecule has 0 spiro atoms. The number of hydrogen-bond acceptors (Lipinski definition) is 5. The lowest BCUT2D eigenvalue weighted by Gasteiger charge is -2.10. The van der Waals surface area contributed by atoms with Crippen LogP contribution in [-0.4, -0.2) is 23.8 Å². The summed E-state index contributed by atoms with van der Waals surface area (Å²) in [5, 5.41) is 5.93. The number of hydrogen-bond donors (Lipinski definition) is 1. The van der Waals surface area contributed by atoms with Gasteiger partial charge in [0.1, 0.15) is 5.75 Å². The van der Waals surface area contributed by atoms with Crippen molar-refractivity contribution < 1.29 is 9.53 Å². The van der Waals surface area contributed by atoms with Crippen molar-refractivity contribution in [2.45, 2.75) is 11.3 Å². The minimum Gasteiger partial charge on any atom is -0.495 e. The topological polar surface area (TPSA) is 51.2 Å². The van der Waals surface area contributed by atoms with E-state index in [1.807, 2.05) is 36.6 Å². The van der Waals surface area contributed by atoms with Gasteiger partial charge in [0.25, 0.3) is 0 Å². The normalized spacial score (nSPS) is 10.7. The minimum atomic E-state index is -0.120. The zero-order chi connectivity index (χ0) is 19.4. The van der Waals surface area contributed by atoms with Gasteiger partial charge < -0.3 is 10.1 Å². The highest BCUT2D eigenvalue weighted by atomic mass is 35.5. The number of anilines is 1. The van der Waals surface area contributed by atoms with Crippen molar-refractivity contribution in [2.75, 3.05) is 18.2 Å². The van der Waals surface area contributed by atoms with Crippen LogP contribution in [0.5, 0.6) is 5.75 Å². The Morgan fingerprint density at radius 1 is 1.26 bits per heavy atom. The maximum Gasteiger partial charge on any atom is 0.234 e. The number of carbonyl (C=O) groups excluding carboxylic acids is 1. The average molecular weight is 439 g/mol. The highest BCUT2D eigenvalue weighted by Gasteiger charge is 2.12. The van der Waals surface area contributed by atoms with Crippen LogP contribution >= 0.6 is 46.3 Å². The molecule has 8 heteroatoms. The number of methoxy groups -OCH3 is 1. The molecule has 1 aromatic heterocycles. The van der Waals surface area contributed by atoms with Gasteiger partial charge in [-0.2, -0.15) is 0 Å². The maximum atomic E-state index is 12.3. The van der Waals surface area contributed by atoms with Crippen LogP contribution in [-0.2, 0) is 4.79 Å². The van der Waals surface area contributed by atoms with Crippen LogP contribution < -0.4 is 10.1 Å². The Balaban J connectivity index is 1.63. The van der Waals surface area contributed by atoms with Crippen LogP contribution in [0.3, 0.4) is 0 Å². The molecule has 27 heavy (non-hydrogen) atoms. The predicted octanol–water partition coefficient (Wildman–Crippen LogP) is 6.16. The molecule has 1 N–H and O–H groups in total. The molecule has 2 aromatic carbocycles. The number of nitrogens with zero attached hydrogens (tertiary/aromatic N) is 1. The Labute approximate surface area is 175 Å². The van der Waals surface area contributed by atoms with Gasteiger partial charge in [-0.1, -0.05) is 41.0 Å². The minimum absolute atomic E-state index is 0.120. The van der Waals surface area contributed by atoms with E-state index >= 15 is 0 Å². The standard InChI is InChI=1S/C19H16Cl2N2O2S2/c1-11-3-6-17(25-2)15(7-11)22-18(24)10-27-19-23-16(9-26-19)13-5-4-12(20)8-14(13)21/h3-9H,10H2,1-2H3,(H,22,24). The molecule has 0 bridgehead atoms. The zero-order valence-corrected chi connectivity index (χ0v) is 17.7. The van der Waals surface area contributed by atoms with E-state index in [4.69, 9.17) is 27.9 Å². The van der Waals surface area contributed by atoms with Crippen LogP contribution in [0.15, 0.2) is 46.1 Å². The molecule has 140 valence electrons. The van der Waals surface area contributed by atoms with Gasteiger partial charge in [0.05, 0.1) is 29.3 Å². The smallest absolute Gasteiger partial charge is 0.234 e. The zero-order valence-electron chi connectivity index (χ0n) is 14.6. The molecule has 0 unspecified atom stereocenters. The predicted molar refractivity (Wildman–Crippen MR) is 115 cm³/mol. The highest BCUT2D eigenvalue weighted by Crippen LogP contribution is 2.34. The maximum absolute atomic E-state index is 12.3. The Kier molecular flexibility index (Phi) is 6.65. The first-order valence-electron chi connectivity index (χ1n) is 7.94. The van der Waals surface area contributed by atoms with E-state index in [0.717, 1.165) is 21.2 Å². The third kappa shape index (κ3) is 5.17. The fourth-order valence-corrected chi connectivity index (χ4v) is 4.51. The summed E-state index contributed by atoms with van der Waals surface area (Å²) in [5.41, 5.74) is 3.29. The van der Waals surface area contributed by atoms with Crippen LogP contribution in [0, 0.1) is 6.92 Å². The van der Waals surface area contributed by atoms with Crippen LogP contribution in [0.1, 0.15) is 5.56 Å². The SMILES string of the molecule is COc1ccc(C)cc1NC(=O)CSc1nc(-c2ccc(Cl)cc2Cl)cs1. The Hall–Kier alpha value is -1.73. The van der Waals surface area contributed by atoms with Gasteiger partial charge in [0.2, 0.25) is 5.91 Å². The van der Waals surface area contributed by atoms with E-state index in [2.05, 4.69) is 10.3 Å². The third-order valence-electron chi connectivity index (χ3n) is 3.65. The summed E-state index contributed by atoms with van der Waals surface area (Å²) in [6.45, 7) is 1.96. The van der Waals surface area contributed by atoms with E-state index < -0.39 is 0 Å². The summed E-state index contributed by atoms with van der Waals surface area (Å²) < 4.78 is 6.08. The van der Waals surface area contributed by atoms with Crippen molar-refractivity contribution in [3.63, 3.8) is 0 Å². The summed E-state index contributed by atoms with van der Waals surface area (Å²) >= 11 is 15.0.